The maximum Gasteiger partial charge on any atom is 0.264 e. The van der Waals surface area contributed by atoms with Gasteiger partial charge in [-0.15, -0.1) is 0 Å². The van der Waals surface area contributed by atoms with Crippen LogP contribution in [-0.4, -0.2) is 35.3 Å². The van der Waals surface area contributed by atoms with Gasteiger partial charge in [0, 0.05) is 30.7 Å². The molecule has 0 atom stereocenters. The Balaban J connectivity index is 1.83. The topological polar surface area (TPSA) is 55.8 Å². The molecule has 1 saturated heterocycles. The van der Waals surface area contributed by atoms with Gasteiger partial charge in [-0.3, -0.25) is 4.31 Å². The van der Waals surface area contributed by atoms with Crippen LogP contribution in [-0.2, 0) is 20.2 Å². The lowest BCUT2D eigenvalue weighted by molar-refractivity contribution is 0.0560. The molecule has 2 aromatic rings. The first-order valence-electron chi connectivity index (χ1n) is 8.94. The molecule has 5 nitrogen and oxygen atoms in total. The number of nitrogens with zero attached hydrogens (tertiary/aromatic N) is 1. The van der Waals surface area contributed by atoms with Gasteiger partial charge in [-0.05, 0) is 43.5 Å². The molecule has 7 heteroatoms. The second kappa shape index (κ2) is 6.49. The number of methoxy groups -OCH3 is 1. The summed E-state index contributed by atoms with van der Waals surface area (Å²) in [6.45, 7) is 3.04. The number of benzene rings is 2. The highest BCUT2D eigenvalue weighted by molar-refractivity contribution is 7.93. The van der Waals surface area contributed by atoms with Crippen LogP contribution in [0.1, 0.15) is 24.0 Å². The van der Waals surface area contributed by atoms with E-state index >= 15 is 0 Å². The van der Waals surface area contributed by atoms with Gasteiger partial charge < -0.3 is 9.47 Å². The standard InChI is InChI=1S/C20H22FNO4S/c1-14-18(8-7-17(25-2)19(14)21)27(23,24)22-13-20(9-11-26-12-10-20)15-5-3-4-6-16(15)22/h3-8H,9-13H2,1-2H3. The summed E-state index contributed by atoms with van der Waals surface area (Å²) in [6, 6.07) is 10.4. The molecule has 0 N–H and O–H groups in total. The summed E-state index contributed by atoms with van der Waals surface area (Å²) in [4.78, 5) is -0.0280. The molecule has 1 fully saturated rings. The second-order valence-corrected chi connectivity index (χ2v) is 8.96. The number of hydrogen-bond acceptors (Lipinski definition) is 4. The number of rotatable bonds is 3. The van der Waals surface area contributed by atoms with Crippen LogP contribution >= 0.6 is 0 Å². The van der Waals surface area contributed by atoms with E-state index in [0.717, 1.165) is 18.4 Å². The molecule has 2 aliphatic heterocycles. The first kappa shape index (κ1) is 18.3. The minimum Gasteiger partial charge on any atom is -0.494 e. The number of anilines is 1. The minimum absolute atomic E-state index is 0.0280. The van der Waals surface area contributed by atoms with E-state index in [9.17, 15) is 12.8 Å². The summed E-state index contributed by atoms with van der Waals surface area (Å²) in [5.74, 6) is -0.610. The fourth-order valence-electron chi connectivity index (χ4n) is 4.19. The highest BCUT2D eigenvalue weighted by Gasteiger charge is 2.47. The Bertz CT molecular complexity index is 983. The zero-order chi connectivity index (χ0) is 19.2. The van der Waals surface area contributed by atoms with Crippen LogP contribution < -0.4 is 9.04 Å². The molecule has 0 saturated carbocycles. The normalized spacial score (nSPS) is 18.6. The minimum atomic E-state index is -3.91. The largest absolute Gasteiger partial charge is 0.494 e. The van der Waals surface area contributed by atoms with Crippen molar-refractivity contribution in [3.05, 3.63) is 53.3 Å². The molecule has 0 aliphatic carbocycles. The predicted octanol–water partition coefficient (Wildman–Crippen LogP) is 3.40. The van der Waals surface area contributed by atoms with Gasteiger partial charge in [0.05, 0.1) is 17.7 Å². The predicted molar refractivity (Wildman–Crippen MR) is 100 cm³/mol. The van der Waals surface area contributed by atoms with E-state index in [4.69, 9.17) is 9.47 Å². The second-order valence-electron chi connectivity index (χ2n) is 7.13. The first-order valence-corrected chi connectivity index (χ1v) is 10.4. The van der Waals surface area contributed by atoms with Crippen molar-refractivity contribution in [1.29, 1.82) is 0 Å². The summed E-state index contributed by atoms with van der Waals surface area (Å²) in [5, 5.41) is 0. The van der Waals surface area contributed by atoms with Crippen LogP contribution in [0.3, 0.4) is 0 Å². The Morgan fingerprint density at radius 1 is 1.15 bits per heavy atom. The van der Waals surface area contributed by atoms with Crippen LogP contribution in [0, 0.1) is 12.7 Å². The van der Waals surface area contributed by atoms with Gasteiger partial charge in [-0.1, -0.05) is 18.2 Å². The van der Waals surface area contributed by atoms with Crippen molar-refractivity contribution in [2.24, 2.45) is 0 Å². The average Bonchev–Trinajstić information content (AvgIpc) is 2.99. The molecule has 4 rings (SSSR count). The van der Waals surface area contributed by atoms with E-state index in [1.807, 2.05) is 24.3 Å². The van der Waals surface area contributed by atoms with Crippen LogP contribution in [0.2, 0.25) is 0 Å². The van der Waals surface area contributed by atoms with Crippen molar-refractivity contribution in [3.8, 4) is 5.75 Å². The molecule has 2 heterocycles. The zero-order valence-electron chi connectivity index (χ0n) is 15.4. The SMILES string of the molecule is COc1ccc(S(=O)(=O)N2CC3(CCOCC3)c3ccccc32)c(C)c1F. The molecule has 0 aromatic heterocycles. The van der Waals surface area contributed by atoms with Gasteiger partial charge in [-0.25, -0.2) is 12.8 Å². The number of fused-ring (bicyclic) bond motifs is 2. The molecule has 0 radical (unpaired) electrons. The summed E-state index contributed by atoms with van der Waals surface area (Å²) in [5.41, 5.74) is 1.53. The quantitative estimate of drug-likeness (QED) is 0.805. The zero-order valence-corrected chi connectivity index (χ0v) is 16.2. The third kappa shape index (κ3) is 2.72. The fraction of sp³-hybridized carbons (Fsp3) is 0.400. The molecular weight excluding hydrogens is 369 g/mol. The Hall–Kier alpha value is -2.12. The van der Waals surface area contributed by atoms with Gasteiger partial charge in [0.1, 0.15) is 0 Å². The van der Waals surface area contributed by atoms with Crippen LogP contribution in [0.25, 0.3) is 0 Å². The van der Waals surface area contributed by atoms with E-state index < -0.39 is 15.8 Å². The Morgan fingerprint density at radius 2 is 1.85 bits per heavy atom. The molecule has 2 aliphatic rings. The summed E-state index contributed by atoms with van der Waals surface area (Å²) in [7, 11) is -2.55. The van der Waals surface area contributed by atoms with Crippen molar-refractivity contribution in [1.82, 2.24) is 0 Å². The summed E-state index contributed by atoms with van der Waals surface area (Å²) in [6.07, 6.45) is 1.54. The lowest BCUT2D eigenvalue weighted by Crippen LogP contribution is -2.40. The molecule has 144 valence electrons. The lowest BCUT2D eigenvalue weighted by atomic mass is 9.76. The summed E-state index contributed by atoms with van der Waals surface area (Å²) >= 11 is 0. The maximum absolute atomic E-state index is 14.5. The van der Waals surface area contributed by atoms with Crippen LogP contribution in [0.15, 0.2) is 41.3 Å². The smallest absolute Gasteiger partial charge is 0.264 e. The number of para-hydroxylation sites is 1. The van der Waals surface area contributed by atoms with Crippen molar-refractivity contribution < 1.29 is 22.3 Å². The van der Waals surface area contributed by atoms with E-state index in [2.05, 4.69) is 0 Å². The monoisotopic (exact) mass is 391 g/mol. The lowest BCUT2D eigenvalue weighted by Gasteiger charge is -2.34. The van der Waals surface area contributed by atoms with Gasteiger partial charge in [-0.2, -0.15) is 0 Å². The summed E-state index contributed by atoms with van der Waals surface area (Å²) < 4.78 is 53.4. The molecule has 0 bridgehead atoms. The van der Waals surface area contributed by atoms with E-state index in [-0.39, 0.29) is 21.6 Å². The molecule has 1 spiro atoms. The fourth-order valence-corrected chi connectivity index (χ4v) is 5.98. The number of halogens is 1. The highest BCUT2D eigenvalue weighted by Crippen LogP contribution is 2.48. The first-order chi connectivity index (χ1) is 12.9. The molecule has 0 unspecified atom stereocenters. The van der Waals surface area contributed by atoms with Crippen molar-refractivity contribution in [2.45, 2.75) is 30.1 Å². The van der Waals surface area contributed by atoms with Crippen molar-refractivity contribution >= 4 is 15.7 Å². The molecular formula is C20H22FNO4S. The number of hydrogen-bond donors (Lipinski definition) is 0. The molecule has 27 heavy (non-hydrogen) atoms. The van der Waals surface area contributed by atoms with Crippen molar-refractivity contribution in [3.63, 3.8) is 0 Å². The third-order valence-electron chi connectivity index (χ3n) is 5.73. The van der Waals surface area contributed by atoms with E-state index in [1.54, 1.807) is 0 Å². The number of ether oxygens (including phenoxy) is 2. The van der Waals surface area contributed by atoms with Gasteiger partial charge in [0.15, 0.2) is 11.6 Å². The van der Waals surface area contributed by atoms with Gasteiger partial charge in [0.25, 0.3) is 10.0 Å². The highest BCUT2D eigenvalue weighted by atomic mass is 32.2. The van der Waals surface area contributed by atoms with Gasteiger partial charge >= 0.3 is 0 Å². The van der Waals surface area contributed by atoms with E-state index in [0.29, 0.717) is 25.4 Å². The average molecular weight is 391 g/mol. The Kier molecular flexibility index (Phi) is 4.39. The van der Waals surface area contributed by atoms with E-state index in [1.165, 1.54) is 30.5 Å². The van der Waals surface area contributed by atoms with Crippen LogP contribution in [0.5, 0.6) is 5.75 Å². The van der Waals surface area contributed by atoms with Gasteiger partial charge in [0.2, 0.25) is 0 Å². The Morgan fingerprint density at radius 3 is 2.56 bits per heavy atom. The Labute approximate surface area is 158 Å². The molecule has 0 amide bonds. The van der Waals surface area contributed by atoms with Crippen LogP contribution in [0.4, 0.5) is 10.1 Å². The number of sulfonamides is 1. The third-order valence-corrected chi connectivity index (χ3v) is 7.63. The molecule has 2 aromatic carbocycles. The van der Waals surface area contributed by atoms with Crippen molar-refractivity contribution in [2.75, 3.05) is 31.2 Å². The maximum atomic E-state index is 14.5.